The van der Waals surface area contributed by atoms with E-state index in [1.54, 1.807) is 0 Å². The molecule has 45 heavy (non-hydrogen) atoms. The van der Waals surface area contributed by atoms with Gasteiger partial charge in [-0.25, -0.2) is 0 Å². The Hall–Kier alpha value is -2.42. The number of nitrogens with two attached hydrogens (primary N) is 1. The summed E-state index contributed by atoms with van der Waals surface area (Å²) >= 11 is 0. The number of carbonyl (C=O) groups is 2. The lowest BCUT2D eigenvalue weighted by Gasteiger charge is -2.40. The molecule has 1 fully saturated rings. The maximum absolute atomic E-state index is 11.4. The monoisotopic (exact) mass is 637 g/mol. The summed E-state index contributed by atoms with van der Waals surface area (Å²) in [4.78, 5) is 22.3. The molecule has 2 rings (SSSR count). The fourth-order valence-electron chi connectivity index (χ4n) is 3.35. The summed E-state index contributed by atoms with van der Waals surface area (Å²) in [6.07, 6.45) is 4.77. The van der Waals surface area contributed by atoms with Crippen LogP contribution in [0.3, 0.4) is 0 Å². The Balaban J connectivity index is 0. The molecule has 0 aliphatic carbocycles. The van der Waals surface area contributed by atoms with Gasteiger partial charge >= 0.3 is 11.9 Å². The van der Waals surface area contributed by atoms with Crippen LogP contribution in [0, 0.1) is 17.3 Å². The van der Waals surface area contributed by atoms with E-state index in [1.807, 2.05) is 60.6 Å². The minimum Gasteiger partial charge on any atom is -0.465 e. The highest BCUT2D eigenvalue weighted by Gasteiger charge is 2.38. The summed E-state index contributed by atoms with van der Waals surface area (Å²) in [5.74, 6) is 1.28. The number of carbonyl (C=O) groups excluding carboxylic acids is 2. The van der Waals surface area contributed by atoms with Crippen molar-refractivity contribution in [3.05, 3.63) is 42.0 Å². The van der Waals surface area contributed by atoms with E-state index in [0.717, 1.165) is 51.1 Å². The molecule has 0 bridgehead atoms. The normalized spacial score (nSPS) is 15.4. The van der Waals surface area contributed by atoms with Crippen molar-refractivity contribution in [2.45, 2.75) is 120 Å². The summed E-state index contributed by atoms with van der Waals surface area (Å²) in [7, 11) is 0. The standard InChI is InChI=1S/C14H22O2.C11H20O3.C7H15NO2.C5H10/c1-5-11(3)13-7-9-14(10-8-13)16-12(4)15-6-2;1-4-9(3)10(12)14-8-11(5-2)6-13-7-11;1-3-6(2)7(9)10-5-4-8;1-4-5(2)3/h7-12H,5-6H2,1-4H3;9H,4-8H2,1-3H3;6H,3-5,8H2,1-2H3;2,4H2,1,3H3. The summed E-state index contributed by atoms with van der Waals surface area (Å²) in [5.41, 5.74) is 7.87. The van der Waals surface area contributed by atoms with Crippen LogP contribution in [0.25, 0.3) is 0 Å². The average Bonchev–Trinajstić information content (AvgIpc) is 3.03. The van der Waals surface area contributed by atoms with Crippen LogP contribution in [0.4, 0.5) is 0 Å². The van der Waals surface area contributed by atoms with E-state index in [2.05, 4.69) is 46.4 Å². The van der Waals surface area contributed by atoms with Crippen LogP contribution in [0.1, 0.15) is 120 Å². The summed E-state index contributed by atoms with van der Waals surface area (Å²) in [5, 5.41) is 0. The summed E-state index contributed by atoms with van der Waals surface area (Å²) in [6, 6.07) is 8.28. The van der Waals surface area contributed by atoms with Gasteiger partial charge in [-0.3, -0.25) is 9.59 Å². The molecule has 262 valence electrons. The van der Waals surface area contributed by atoms with Gasteiger partial charge in [-0.15, -0.1) is 6.58 Å². The second-order valence-corrected chi connectivity index (χ2v) is 11.9. The van der Waals surface area contributed by atoms with E-state index in [-0.39, 0.29) is 35.5 Å². The van der Waals surface area contributed by atoms with Crippen LogP contribution < -0.4 is 10.5 Å². The van der Waals surface area contributed by atoms with Gasteiger partial charge in [-0.2, -0.15) is 0 Å². The Morgan fingerprint density at radius 2 is 1.40 bits per heavy atom. The molecule has 0 amide bonds. The van der Waals surface area contributed by atoms with Crippen LogP contribution >= 0.6 is 0 Å². The highest BCUT2D eigenvalue weighted by Crippen LogP contribution is 2.31. The lowest BCUT2D eigenvalue weighted by atomic mass is 9.84. The van der Waals surface area contributed by atoms with Crippen molar-refractivity contribution in [2.24, 2.45) is 23.0 Å². The molecule has 0 radical (unpaired) electrons. The molecule has 2 N–H and O–H groups in total. The number of esters is 2. The van der Waals surface area contributed by atoms with Gasteiger partial charge in [0, 0.05) is 13.2 Å². The summed E-state index contributed by atoms with van der Waals surface area (Å²) in [6.45, 7) is 29.3. The van der Waals surface area contributed by atoms with Crippen molar-refractivity contribution >= 4 is 11.9 Å². The topological polar surface area (TPSA) is 106 Å². The Morgan fingerprint density at radius 1 is 0.889 bits per heavy atom. The molecule has 0 saturated carbocycles. The van der Waals surface area contributed by atoms with E-state index < -0.39 is 0 Å². The maximum atomic E-state index is 11.4. The van der Waals surface area contributed by atoms with Gasteiger partial charge in [-0.1, -0.05) is 73.1 Å². The summed E-state index contributed by atoms with van der Waals surface area (Å²) < 4.78 is 26.1. The van der Waals surface area contributed by atoms with Crippen molar-refractivity contribution < 1.29 is 33.3 Å². The second-order valence-electron chi connectivity index (χ2n) is 11.9. The predicted octanol–water partition coefficient (Wildman–Crippen LogP) is 8.47. The Labute approximate surface area is 275 Å². The van der Waals surface area contributed by atoms with Gasteiger partial charge < -0.3 is 29.4 Å². The minimum absolute atomic E-state index is 0.00606. The van der Waals surface area contributed by atoms with E-state index >= 15 is 0 Å². The molecule has 1 heterocycles. The molecular formula is C37H67NO7. The molecular weight excluding hydrogens is 570 g/mol. The Kier molecular flexibility index (Phi) is 26.6. The zero-order valence-electron chi connectivity index (χ0n) is 30.5. The maximum Gasteiger partial charge on any atom is 0.308 e. The average molecular weight is 638 g/mol. The van der Waals surface area contributed by atoms with Crippen molar-refractivity contribution in [1.29, 1.82) is 0 Å². The number of hydrogen-bond donors (Lipinski definition) is 1. The van der Waals surface area contributed by atoms with E-state index in [9.17, 15) is 9.59 Å². The number of rotatable bonds is 16. The Morgan fingerprint density at radius 3 is 1.76 bits per heavy atom. The third kappa shape index (κ3) is 21.1. The minimum atomic E-state index is -0.181. The smallest absolute Gasteiger partial charge is 0.308 e. The quantitative estimate of drug-likeness (QED) is 0.109. The van der Waals surface area contributed by atoms with Crippen LogP contribution in [-0.4, -0.2) is 57.8 Å². The molecule has 8 heteroatoms. The lowest BCUT2D eigenvalue weighted by molar-refractivity contribution is -0.173. The molecule has 4 atom stereocenters. The number of ether oxygens (including phenoxy) is 5. The van der Waals surface area contributed by atoms with Crippen molar-refractivity contribution in [2.75, 3.05) is 39.6 Å². The third-order valence-electron chi connectivity index (χ3n) is 7.85. The predicted molar refractivity (Wildman–Crippen MR) is 185 cm³/mol. The third-order valence-corrected chi connectivity index (χ3v) is 7.85. The number of allylic oxidation sites excluding steroid dienone is 1. The fourth-order valence-corrected chi connectivity index (χ4v) is 3.35. The number of hydrogen-bond acceptors (Lipinski definition) is 8. The van der Waals surface area contributed by atoms with Gasteiger partial charge in [0.2, 0.25) is 0 Å². The molecule has 1 aliphatic rings. The molecule has 0 aromatic heterocycles. The van der Waals surface area contributed by atoms with Gasteiger partial charge in [0.25, 0.3) is 0 Å². The molecule has 8 nitrogen and oxygen atoms in total. The van der Waals surface area contributed by atoms with Gasteiger partial charge in [0.15, 0.2) is 6.29 Å². The first-order valence-electron chi connectivity index (χ1n) is 16.9. The van der Waals surface area contributed by atoms with Crippen LogP contribution in [0.5, 0.6) is 5.75 Å². The first-order valence-corrected chi connectivity index (χ1v) is 16.9. The van der Waals surface area contributed by atoms with Gasteiger partial charge in [0.1, 0.15) is 19.0 Å². The first-order chi connectivity index (χ1) is 21.3. The van der Waals surface area contributed by atoms with Crippen molar-refractivity contribution in [1.82, 2.24) is 0 Å². The fraction of sp³-hybridized carbons (Fsp3) is 0.730. The van der Waals surface area contributed by atoms with Crippen LogP contribution in [0.2, 0.25) is 0 Å². The van der Waals surface area contributed by atoms with E-state index in [1.165, 1.54) is 11.1 Å². The van der Waals surface area contributed by atoms with Gasteiger partial charge in [0.05, 0.1) is 30.5 Å². The highest BCUT2D eigenvalue weighted by molar-refractivity contribution is 5.72. The second kappa shape index (κ2) is 26.8. The molecule has 1 aromatic carbocycles. The van der Waals surface area contributed by atoms with Crippen molar-refractivity contribution in [3.8, 4) is 5.75 Å². The Bertz CT molecular complexity index is 893. The zero-order chi connectivity index (χ0) is 34.8. The van der Waals surface area contributed by atoms with E-state index in [0.29, 0.717) is 32.3 Å². The van der Waals surface area contributed by atoms with Gasteiger partial charge in [-0.05, 0) is 76.5 Å². The number of benzene rings is 1. The molecule has 1 saturated heterocycles. The molecule has 1 aromatic rings. The highest BCUT2D eigenvalue weighted by atomic mass is 16.7. The first kappa shape index (κ1) is 44.7. The van der Waals surface area contributed by atoms with Crippen LogP contribution in [0.15, 0.2) is 36.4 Å². The molecule has 4 unspecified atom stereocenters. The lowest BCUT2D eigenvalue weighted by Crippen LogP contribution is -2.46. The zero-order valence-corrected chi connectivity index (χ0v) is 30.5. The largest absolute Gasteiger partial charge is 0.465 e. The molecule has 1 aliphatic heterocycles. The van der Waals surface area contributed by atoms with Crippen LogP contribution in [-0.2, 0) is 28.5 Å². The van der Waals surface area contributed by atoms with Crippen molar-refractivity contribution in [3.63, 3.8) is 0 Å². The molecule has 0 spiro atoms. The SMILES string of the molecule is C=C(C)CC.CCC(C)C(=O)OCC1(CC)COC1.CCC(C)C(=O)OCCN.CCOC(C)Oc1ccc(C(C)CC)cc1. The van der Waals surface area contributed by atoms with E-state index in [4.69, 9.17) is 29.4 Å².